The third kappa shape index (κ3) is 6.46. The van der Waals surface area contributed by atoms with Crippen molar-refractivity contribution in [2.24, 2.45) is 0 Å². The number of ether oxygens (including phenoxy) is 1. The van der Waals surface area contributed by atoms with Gasteiger partial charge < -0.3 is 9.64 Å². The molecular weight excluding hydrogens is 305 g/mol. The Bertz CT molecular complexity index is 419. The molecule has 0 bridgehead atoms. The molecule has 1 N–H and O–H groups in total. The lowest BCUT2D eigenvalue weighted by Gasteiger charge is -2.23. The molecule has 0 spiro atoms. The van der Waals surface area contributed by atoms with E-state index in [-0.39, 0.29) is 0 Å². The Morgan fingerprint density at radius 1 is 0.952 bits per heavy atom. The minimum absolute atomic E-state index is 0.594. The van der Waals surface area contributed by atoms with Gasteiger partial charge in [-0.3, -0.25) is 0 Å². The number of benzene rings is 1. The molecule has 0 amide bonds. The van der Waals surface area contributed by atoms with E-state index in [1.165, 1.54) is 58.2 Å². The maximum absolute atomic E-state index is 6.07. The summed E-state index contributed by atoms with van der Waals surface area (Å²) in [4.78, 5) is 1.81. The maximum Gasteiger partial charge on any atom is 0.137 e. The Morgan fingerprint density at radius 2 is 1.71 bits per heavy atom. The summed E-state index contributed by atoms with van der Waals surface area (Å²) in [5, 5.41) is 1.24. The van der Waals surface area contributed by atoms with E-state index in [9.17, 15) is 0 Å². The second-order valence-corrected chi connectivity index (χ2v) is 6.74. The van der Waals surface area contributed by atoms with Crippen LogP contribution < -0.4 is 9.64 Å². The van der Waals surface area contributed by atoms with E-state index < -0.39 is 0 Å². The number of rotatable bonds is 8. The minimum atomic E-state index is 0.594. The van der Waals surface area contributed by atoms with Crippen LogP contribution in [-0.2, 0) is 0 Å². The van der Waals surface area contributed by atoms with Gasteiger partial charge in [0, 0.05) is 5.02 Å². The number of likely N-dealkylation sites (tertiary alicyclic amines) is 1. The van der Waals surface area contributed by atoms with Crippen LogP contribution in [0, 0.1) is 0 Å². The van der Waals surface area contributed by atoms with Crippen LogP contribution in [0.25, 0.3) is 0 Å². The molecule has 4 heteroatoms. The van der Waals surface area contributed by atoms with Crippen LogP contribution in [0.1, 0.15) is 44.9 Å². The molecular formula is C17H26Cl2NO+. The summed E-state index contributed by atoms with van der Waals surface area (Å²) in [7, 11) is 0. The number of nitrogens with one attached hydrogen (secondary N) is 1. The van der Waals surface area contributed by atoms with Gasteiger partial charge in [0.05, 0.1) is 31.3 Å². The fraction of sp³-hybridized carbons (Fsp3) is 0.647. The highest BCUT2D eigenvalue weighted by atomic mass is 35.5. The molecule has 1 aromatic rings. The lowest BCUT2D eigenvalue weighted by Crippen LogP contribution is -3.12. The fourth-order valence-electron chi connectivity index (χ4n) is 2.91. The van der Waals surface area contributed by atoms with Crippen LogP contribution in [0.3, 0.4) is 0 Å². The summed E-state index contributed by atoms with van der Waals surface area (Å²) in [6.45, 7) is 4.86. The average Bonchev–Trinajstić information content (AvgIpc) is 2.49. The molecule has 0 atom stereocenters. The van der Waals surface area contributed by atoms with Gasteiger partial charge in [0.15, 0.2) is 0 Å². The molecule has 1 fully saturated rings. The fourth-order valence-corrected chi connectivity index (χ4v) is 3.37. The van der Waals surface area contributed by atoms with E-state index in [4.69, 9.17) is 27.9 Å². The standard InChI is InChI=1S/C17H25Cl2NO/c18-15-8-9-17(16(19)14-15)21-13-7-2-1-4-10-20-11-5-3-6-12-20/h8-9,14H,1-7,10-13H2/p+1. The van der Waals surface area contributed by atoms with Gasteiger partial charge in [-0.05, 0) is 63.1 Å². The molecule has 1 saturated heterocycles. The largest absolute Gasteiger partial charge is 0.492 e. The Hall–Kier alpha value is -0.440. The molecule has 21 heavy (non-hydrogen) atoms. The molecule has 1 aliphatic rings. The first-order chi connectivity index (χ1) is 10.3. The second kappa shape index (κ2) is 9.55. The van der Waals surface area contributed by atoms with Crippen LogP contribution in [0.5, 0.6) is 5.75 Å². The molecule has 0 radical (unpaired) electrons. The van der Waals surface area contributed by atoms with E-state index in [2.05, 4.69) is 0 Å². The predicted molar refractivity (Wildman–Crippen MR) is 89.8 cm³/mol. The van der Waals surface area contributed by atoms with Crippen molar-refractivity contribution in [1.29, 1.82) is 0 Å². The molecule has 1 aromatic carbocycles. The minimum Gasteiger partial charge on any atom is -0.492 e. The number of hydrogen-bond acceptors (Lipinski definition) is 1. The monoisotopic (exact) mass is 330 g/mol. The van der Waals surface area contributed by atoms with Crippen molar-refractivity contribution in [2.75, 3.05) is 26.2 Å². The first kappa shape index (κ1) is 16.9. The number of halogens is 2. The number of hydrogen-bond donors (Lipinski definition) is 1. The number of quaternary nitrogens is 1. The summed E-state index contributed by atoms with van der Waals surface area (Å²) in [5.74, 6) is 0.735. The normalized spacial score (nSPS) is 16.1. The van der Waals surface area contributed by atoms with Crippen molar-refractivity contribution in [3.05, 3.63) is 28.2 Å². The van der Waals surface area contributed by atoms with Crippen molar-refractivity contribution < 1.29 is 9.64 Å². The van der Waals surface area contributed by atoms with Gasteiger partial charge in [0.1, 0.15) is 5.75 Å². The molecule has 2 rings (SSSR count). The van der Waals surface area contributed by atoms with E-state index in [1.807, 2.05) is 17.0 Å². The smallest absolute Gasteiger partial charge is 0.137 e. The van der Waals surface area contributed by atoms with Crippen LogP contribution in [0.15, 0.2) is 18.2 Å². The first-order valence-electron chi connectivity index (χ1n) is 8.17. The Labute approximate surface area is 138 Å². The molecule has 118 valence electrons. The van der Waals surface area contributed by atoms with Gasteiger partial charge in [0.25, 0.3) is 0 Å². The highest BCUT2D eigenvalue weighted by molar-refractivity contribution is 6.35. The predicted octanol–water partition coefficient (Wildman–Crippen LogP) is 4.00. The van der Waals surface area contributed by atoms with Crippen LogP contribution >= 0.6 is 23.2 Å². The van der Waals surface area contributed by atoms with Crippen molar-refractivity contribution in [3.63, 3.8) is 0 Å². The lowest BCUT2D eigenvalue weighted by molar-refractivity contribution is -0.905. The van der Waals surface area contributed by atoms with E-state index >= 15 is 0 Å². The van der Waals surface area contributed by atoms with Crippen molar-refractivity contribution in [2.45, 2.75) is 44.9 Å². The Kier molecular flexibility index (Phi) is 7.70. The molecule has 1 aliphatic heterocycles. The third-order valence-electron chi connectivity index (χ3n) is 4.14. The summed E-state index contributed by atoms with van der Waals surface area (Å²) in [6, 6.07) is 5.37. The topological polar surface area (TPSA) is 13.7 Å². The molecule has 1 heterocycles. The third-order valence-corrected chi connectivity index (χ3v) is 4.67. The highest BCUT2D eigenvalue weighted by Crippen LogP contribution is 2.27. The van der Waals surface area contributed by atoms with E-state index in [0.29, 0.717) is 10.0 Å². The summed E-state index contributed by atoms with van der Waals surface area (Å²) < 4.78 is 5.69. The van der Waals surface area contributed by atoms with Crippen LogP contribution in [0.4, 0.5) is 0 Å². The number of unbranched alkanes of at least 4 members (excludes halogenated alkanes) is 3. The van der Waals surface area contributed by atoms with Gasteiger partial charge in [-0.25, -0.2) is 0 Å². The van der Waals surface area contributed by atoms with Gasteiger partial charge in [0.2, 0.25) is 0 Å². The van der Waals surface area contributed by atoms with Crippen LogP contribution in [-0.4, -0.2) is 26.2 Å². The van der Waals surface area contributed by atoms with Gasteiger partial charge in [-0.1, -0.05) is 23.2 Å². The molecule has 0 aromatic heterocycles. The zero-order valence-corrected chi connectivity index (χ0v) is 14.2. The maximum atomic E-state index is 6.07. The number of piperidine rings is 1. The molecule has 0 aliphatic carbocycles. The molecule has 0 saturated carbocycles. The summed E-state index contributed by atoms with van der Waals surface area (Å²) >= 11 is 11.9. The highest BCUT2D eigenvalue weighted by Gasteiger charge is 2.12. The zero-order chi connectivity index (χ0) is 14.9. The Balaban J connectivity index is 1.50. The molecule has 2 nitrogen and oxygen atoms in total. The van der Waals surface area contributed by atoms with Gasteiger partial charge >= 0.3 is 0 Å². The lowest BCUT2D eigenvalue weighted by atomic mass is 10.1. The van der Waals surface area contributed by atoms with Crippen molar-refractivity contribution >= 4 is 23.2 Å². The van der Waals surface area contributed by atoms with Gasteiger partial charge in [-0.2, -0.15) is 0 Å². The SMILES string of the molecule is Clc1ccc(OCCCCCC[NH+]2CCCCC2)c(Cl)c1. The van der Waals surface area contributed by atoms with E-state index in [1.54, 1.807) is 6.07 Å². The van der Waals surface area contributed by atoms with E-state index in [0.717, 1.165) is 18.8 Å². The second-order valence-electron chi connectivity index (χ2n) is 5.90. The first-order valence-corrected chi connectivity index (χ1v) is 8.93. The average molecular weight is 331 g/mol. The Morgan fingerprint density at radius 3 is 2.48 bits per heavy atom. The quantitative estimate of drug-likeness (QED) is 0.711. The van der Waals surface area contributed by atoms with Crippen LogP contribution in [0.2, 0.25) is 10.0 Å². The summed E-state index contributed by atoms with van der Waals surface area (Å²) in [6.07, 6.45) is 9.26. The summed E-state index contributed by atoms with van der Waals surface area (Å²) in [5.41, 5.74) is 0. The molecule has 0 unspecified atom stereocenters. The van der Waals surface area contributed by atoms with Crippen molar-refractivity contribution in [1.82, 2.24) is 0 Å². The van der Waals surface area contributed by atoms with Crippen molar-refractivity contribution in [3.8, 4) is 5.75 Å². The zero-order valence-electron chi connectivity index (χ0n) is 12.7. The van der Waals surface area contributed by atoms with Gasteiger partial charge in [-0.15, -0.1) is 0 Å².